The molecule has 1 heterocycles. The molecule has 104 valence electrons. The van der Waals surface area contributed by atoms with Gasteiger partial charge in [-0.3, -0.25) is 15.1 Å². The predicted molar refractivity (Wildman–Crippen MR) is 78.4 cm³/mol. The summed E-state index contributed by atoms with van der Waals surface area (Å²) in [6.07, 6.45) is 1.64. The third kappa shape index (κ3) is 3.78. The Hall–Kier alpha value is -2.43. The molecule has 0 saturated heterocycles. The van der Waals surface area contributed by atoms with Gasteiger partial charge in [-0.15, -0.1) is 0 Å². The Morgan fingerprint density at radius 3 is 2.50 bits per heavy atom. The van der Waals surface area contributed by atoms with Crippen molar-refractivity contribution in [3.05, 3.63) is 69.5 Å². The standard InChI is InChI=1S/C15H17N3O2/c1-11-7-12(2)9-13(8-11)17-15(10-18(19)20)14-5-3-4-6-16-14/h3-9,15,17H,10H2,1-2H3. The minimum Gasteiger partial charge on any atom is -0.371 e. The fraction of sp³-hybridized carbons (Fsp3) is 0.267. The first-order chi connectivity index (χ1) is 9.54. The predicted octanol–water partition coefficient (Wildman–Crippen LogP) is 3.13. The average Bonchev–Trinajstić information content (AvgIpc) is 2.37. The van der Waals surface area contributed by atoms with Gasteiger partial charge in [-0.2, -0.15) is 0 Å². The molecule has 0 saturated carbocycles. The van der Waals surface area contributed by atoms with E-state index >= 15 is 0 Å². The molecule has 2 rings (SSSR count). The van der Waals surface area contributed by atoms with Crippen molar-refractivity contribution in [2.45, 2.75) is 19.9 Å². The Bertz CT molecular complexity index is 579. The molecule has 2 aromatic rings. The van der Waals surface area contributed by atoms with Gasteiger partial charge in [-0.25, -0.2) is 0 Å². The zero-order valence-corrected chi connectivity index (χ0v) is 11.5. The molecule has 1 aromatic heterocycles. The molecule has 1 unspecified atom stereocenters. The summed E-state index contributed by atoms with van der Waals surface area (Å²) in [6.45, 7) is 3.80. The van der Waals surface area contributed by atoms with Gasteiger partial charge in [-0.1, -0.05) is 12.1 Å². The van der Waals surface area contributed by atoms with Crippen LogP contribution >= 0.6 is 0 Å². The van der Waals surface area contributed by atoms with Crippen molar-refractivity contribution < 1.29 is 4.92 Å². The lowest BCUT2D eigenvalue weighted by Gasteiger charge is -2.16. The molecule has 0 aliphatic heterocycles. The summed E-state index contributed by atoms with van der Waals surface area (Å²) in [5.74, 6) is 0. The van der Waals surface area contributed by atoms with E-state index in [1.807, 2.05) is 32.0 Å². The van der Waals surface area contributed by atoms with Crippen LogP contribution in [0.4, 0.5) is 5.69 Å². The number of benzene rings is 1. The van der Waals surface area contributed by atoms with Gasteiger partial charge >= 0.3 is 0 Å². The van der Waals surface area contributed by atoms with Crippen molar-refractivity contribution in [2.24, 2.45) is 0 Å². The molecule has 0 fully saturated rings. The molecule has 1 atom stereocenters. The van der Waals surface area contributed by atoms with Crippen LogP contribution < -0.4 is 5.32 Å². The molecule has 0 amide bonds. The first kappa shape index (κ1) is 14.0. The van der Waals surface area contributed by atoms with Crippen molar-refractivity contribution >= 4 is 5.69 Å². The van der Waals surface area contributed by atoms with Crippen LogP contribution in [0, 0.1) is 24.0 Å². The molecular weight excluding hydrogens is 254 g/mol. The first-order valence-electron chi connectivity index (χ1n) is 6.42. The monoisotopic (exact) mass is 271 g/mol. The fourth-order valence-corrected chi connectivity index (χ4v) is 2.20. The van der Waals surface area contributed by atoms with Gasteiger partial charge in [0.05, 0.1) is 5.69 Å². The number of nitro groups is 1. The molecular formula is C15H17N3O2. The molecule has 0 bridgehead atoms. The van der Waals surface area contributed by atoms with Gasteiger partial charge in [0.25, 0.3) is 0 Å². The van der Waals surface area contributed by atoms with E-state index in [1.165, 1.54) is 0 Å². The molecule has 20 heavy (non-hydrogen) atoms. The number of hydrogen-bond acceptors (Lipinski definition) is 4. The SMILES string of the molecule is Cc1cc(C)cc(NC(C[N+](=O)[O-])c2ccccn2)c1. The van der Waals surface area contributed by atoms with Crippen LogP contribution in [0.1, 0.15) is 22.9 Å². The molecule has 1 N–H and O–H groups in total. The van der Waals surface area contributed by atoms with Crippen molar-refractivity contribution in [1.29, 1.82) is 0 Å². The summed E-state index contributed by atoms with van der Waals surface area (Å²) in [6, 6.07) is 11.0. The molecule has 5 nitrogen and oxygen atoms in total. The second-order valence-corrected chi connectivity index (χ2v) is 4.84. The quantitative estimate of drug-likeness (QED) is 0.670. The zero-order chi connectivity index (χ0) is 14.5. The topological polar surface area (TPSA) is 68.1 Å². The molecule has 0 aliphatic carbocycles. The number of pyridine rings is 1. The van der Waals surface area contributed by atoms with Crippen molar-refractivity contribution in [2.75, 3.05) is 11.9 Å². The Balaban J connectivity index is 2.26. The second kappa shape index (κ2) is 6.14. The minimum atomic E-state index is -0.438. The molecule has 5 heteroatoms. The zero-order valence-electron chi connectivity index (χ0n) is 11.5. The fourth-order valence-electron chi connectivity index (χ4n) is 2.20. The smallest absolute Gasteiger partial charge is 0.229 e. The van der Waals surface area contributed by atoms with Gasteiger partial charge in [0.1, 0.15) is 6.04 Å². The molecule has 0 aliphatic rings. The van der Waals surface area contributed by atoms with E-state index in [0.29, 0.717) is 5.69 Å². The molecule has 0 radical (unpaired) electrons. The Morgan fingerprint density at radius 2 is 1.95 bits per heavy atom. The number of aryl methyl sites for hydroxylation is 2. The number of anilines is 1. The van der Waals surface area contributed by atoms with E-state index in [2.05, 4.69) is 16.4 Å². The highest BCUT2D eigenvalue weighted by atomic mass is 16.6. The number of hydrogen-bond donors (Lipinski definition) is 1. The summed E-state index contributed by atoms with van der Waals surface area (Å²) >= 11 is 0. The summed E-state index contributed by atoms with van der Waals surface area (Å²) < 4.78 is 0. The normalized spacial score (nSPS) is 11.9. The lowest BCUT2D eigenvalue weighted by Crippen LogP contribution is -2.21. The Morgan fingerprint density at radius 1 is 1.25 bits per heavy atom. The van der Waals surface area contributed by atoms with E-state index < -0.39 is 6.04 Å². The number of rotatable bonds is 5. The minimum absolute atomic E-state index is 0.204. The van der Waals surface area contributed by atoms with Crippen molar-refractivity contribution in [3.63, 3.8) is 0 Å². The average molecular weight is 271 g/mol. The van der Waals surface area contributed by atoms with E-state index in [-0.39, 0.29) is 11.5 Å². The maximum Gasteiger partial charge on any atom is 0.229 e. The first-order valence-corrected chi connectivity index (χ1v) is 6.42. The molecule has 1 aromatic carbocycles. The maximum atomic E-state index is 10.8. The van der Waals surface area contributed by atoms with Gasteiger partial charge in [0.15, 0.2) is 0 Å². The molecule has 0 spiro atoms. The van der Waals surface area contributed by atoms with Gasteiger partial charge in [0, 0.05) is 16.8 Å². The summed E-state index contributed by atoms with van der Waals surface area (Å²) in [7, 11) is 0. The maximum absolute atomic E-state index is 10.8. The lowest BCUT2D eigenvalue weighted by molar-refractivity contribution is -0.482. The lowest BCUT2D eigenvalue weighted by atomic mass is 10.1. The third-order valence-electron chi connectivity index (χ3n) is 2.94. The van der Waals surface area contributed by atoms with Crippen molar-refractivity contribution in [1.82, 2.24) is 4.98 Å². The van der Waals surface area contributed by atoms with E-state index in [4.69, 9.17) is 0 Å². The van der Waals surface area contributed by atoms with Crippen LogP contribution in [0.3, 0.4) is 0 Å². The van der Waals surface area contributed by atoms with E-state index in [0.717, 1.165) is 16.8 Å². The van der Waals surface area contributed by atoms with Gasteiger partial charge in [-0.05, 0) is 49.2 Å². The Labute approximate surface area is 117 Å². The highest BCUT2D eigenvalue weighted by molar-refractivity contribution is 5.49. The van der Waals surface area contributed by atoms with Gasteiger partial charge < -0.3 is 5.32 Å². The second-order valence-electron chi connectivity index (χ2n) is 4.84. The van der Waals surface area contributed by atoms with Crippen LogP contribution in [0.25, 0.3) is 0 Å². The van der Waals surface area contributed by atoms with E-state index in [9.17, 15) is 10.1 Å². The number of aromatic nitrogens is 1. The van der Waals surface area contributed by atoms with Crippen LogP contribution in [0.2, 0.25) is 0 Å². The summed E-state index contributed by atoms with van der Waals surface area (Å²) in [5, 5.41) is 14.0. The Kier molecular flexibility index (Phi) is 4.30. The van der Waals surface area contributed by atoms with Gasteiger partial charge in [0.2, 0.25) is 6.54 Å². The number of nitrogens with zero attached hydrogens (tertiary/aromatic N) is 2. The third-order valence-corrected chi connectivity index (χ3v) is 2.94. The van der Waals surface area contributed by atoms with E-state index in [1.54, 1.807) is 18.3 Å². The summed E-state index contributed by atoms with van der Waals surface area (Å²) in [5.41, 5.74) is 3.78. The largest absolute Gasteiger partial charge is 0.371 e. The van der Waals surface area contributed by atoms with Crippen LogP contribution in [-0.4, -0.2) is 16.5 Å². The summed E-state index contributed by atoms with van der Waals surface area (Å²) in [4.78, 5) is 14.7. The number of nitrogens with one attached hydrogen (secondary N) is 1. The van der Waals surface area contributed by atoms with Crippen LogP contribution in [-0.2, 0) is 0 Å². The van der Waals surface area contributed by atoms with Crippen LogP contribution in [0.5, 0.6) is 0 Å². The van der Waals surface area contributed by atoms with Crippen LogP contribution in [0.15, 0.2) is 42.6 Å². The highest BCUT2D eigenvalue weighted by Crippen LogP contribution is 2.20. The van der Waals surface area contributed by atoms with Crippen molar-refractivity contribution in [3.8, 4) is 0 Å². The highest BCUT2D eigenvalue weighted by Gasteiger charge is 2.18.